The Morgan fingerprint density at radius 1 is 1.07 bits per heavy atom. The number of nitrogens with one attached hydrogen (secondary N) is 3. The lowest BCUT2D eigenvalue weighted by molar-refractivity contribution is -0.118. The maximum Gasteiger partial charge on any atom is 0.226 e. The highest BCUT2D eigenvalue weighted by molar-refractivity contribution is 14.0. The summed E-state index contributed by atoms with van der Waals surface area (Å²) in [5.41, 5.74) is 2.53. The monoisotopic (exact) mass is 498 g/mol. The molecule has 5 nitrogen and oxygen atoms in total. The number of rotatable bonds is 7. The van der Waals surface area contributed by atoms with Crippen LogP contribution < -0.4 is 16.0 Å². The fourth-order valence-corrected chi connectivity index (χ4v) is 2.42. The number of anilines is 1. The van der Waals surface area contributed by atoms with E-state index in [1.54, 1.807) is 19.2 Å². The fourth-order valence-electron chi connectivity index (χ4n) is 2.42. The molecule has 28 heavy (non-hydrogen) atoms. The van der Waals surface area contributed by atoms with Gasteiger partial charge < -0.3 is 16.0 Å². The zero-order valence-electron chi connectivity index (χ0n) is 16.5. The van der Waals surface area contributed by atoms with Crippen LogP contribution in [0.4, 0.5) is 10.1 Å². The first-order valence-corrected chi connectivity index (χ1v) is 9.07. The van der Waals surface area contributed by atoms with Gasteiger partial charge in [0.05, 0.1) is 0 Å². The molecule has 0 fully saturated rings. The number of guanidine groups is 1. The van der Waals surface area contributed by atoms with Gasteiger partial charge in [0, 0.05) is 31.7 Å². The standard InChI is InChI=1S/C21H27FN4O.HI/c1-15(2)20(27)26-18-10-8-16(9-11-18)14-25-21(23-3)24-13-12-17-6-4-5-7-19(17)22;/h4-11,15H,12-14H2,1-3H3,(H,26,27)(H2,23,24,25);1H. The van der Waals surface area contributed by atoms with Crippen LogP contribution in [0.2, 0.25) is 0 Å². The summed E-state index contributed by atoms with van der Waals surface area (Å²) in [6, 6.07) is 14.4. The molecule has 0 saturated heterocycles. The van der Waals surface area contributed by atoms with Crippen molar-refractivity contribution in [3.8, 4) is 0 Å². The lowest BCUT2D eigenvalue weighted by Crippen LogP contribution is -2.37. The third kappa shape index (κ3) is 7.84. The molecule has 0 radical (unpaired) electrons. The van der Waals surface area contributed by atoms with E-state index in [1.807, 2.05) is 44.2 Å². The molecule has 0 aliphatic heterocycles. The van der Waals surface area contributed by atoms with Gasteiger partial charge in [0.25, 0.3) is 0 Å². The predicted molar refractivity (Wildman–Crippen MR) is 124 cm³/mol. The average Bonchev–Trinajstić information content (AvgIpc) is 2.67. The molecule has 0 aliphatic rings. The molecule has 0 aliphatic carbocycles. The summed E-state index contributed by atoms with van der Waals surface area (Å²) < 4.78 is 13.6. The van der Waals surface area contributed by atoms with Gasteiger partial charge in [-0.25, -0.2) is 4.39 Å². The van der Waals surface area contributed by atoms with E-state index in [4.69, 9.17) is 0 Å². The van der Waals surface area contributed by atoms with Gasteiger partial charge in [-0.15, -0.1) is 24.0 Å². The number of carbonyl (C=O) groups is 1. The highest BCUT2D eigenvalue weighted by Crippen LogP contribution is 2.11. The van der Waals surface area contributed by atoms with Gasteiger partial charge in [0.1, 0.15) is 5.82 Å². The third-order valence-corrected chi connectivity index (χ3v) is 4.07. The molecule has 0 unspecified atom stereocenters. The molecular formula is C21H28FIN4O. The van der Waals surface area contributed by atoms with E-state index in [0.717, 1.165) is 11.3 Å². The highest BCUT2D eigenvalue weighted by atomic mass is 127. The molecule has 2 aromatic rings. The van der Waals surface area contributed by atoms with Crippen LogP contribution in [-0.2, 0) is 17.8 Å². The summed E-state index contributed by atoms with van der Waals surface area (Å²) in [5, 5.41) is 9.27. The number of amides is 1. The van der Waals surface area contributed by atoms with Crippen molar-refractivity contribution in [2.75, 3.05) is 18.9 Å². The second-order valence-electron chi connectivity index (χ2n) is 6.53. The van der Waals surface area contributed by atoms with E-state index in [0.29, 0.717) is 31.0 Å². The van der Waals surface area contributed by atoms with E-state index >= 15 is 0 Å². The molecule has 0 bridgehead atoms. The van der Waals surface area contributed by atoms with Crippen molar-refractivity contribution in [2.45, 2.75) is 26.8 Å². The smallest absolute Gasteiger partial charge is 0.226 e. The van der Waals surface area contributed by atoms with Gasteiger partial charge in [0.15, 0.2) is 5.96 Å². The number of carbonyl (C=O) groups excluding carboxylic acids is 1. The maximum absolute atomic E-state index is 13.6. The molecule has 0 heterocycles. The Morgan fingerprint density at radius 3 is 2.36 bits per heavy atom. The van der Waals surface area contributed by atoms with Crippen LogP contribution in [0.25, 0.3) is 0 Å². The van der Waals surface area contributed by atoms with Crippen molar-refractivity contribution >= 4 is 41.5 Å². The van der Waals surface area contributed by atoms with Crippen molar-refractivity contribution in [3.63, 3.8) is 0 Å². The van der Waals surface area contributed by atoms with Crippen LogP contribution in [-0.4, -0.2) is 25.5 Å². The quantitative estimate of drug-likeness (QED) is 0.308. The number of benzene rings is 2. The average molecular weight is 498 g/mol. The largest absolute Gasteiger partial charge is 0.356 e. The van der Waals surface area contributed by atoms with Gasteiger partial charge in [-0.3, -0.25) is 9.79 Å². The molecule has 0 aromatic heterocycles. The number of halogens is 2. The highest BCUT2D eigenvalue weighted by Gasteiger charge is 2.07. The molecule has 1 amide bonds. The number of aliphatic imine (C=N–C) groups is 1. The Hall–Kier alpha value is -2.16. The normalized spacial score (nSPS) is 11.0. The summed E-state index contributed by atoms with van der Waals surface area (Å²) in [7, 11) is 1.70. The zero-order valence-corrected chi connectivity index (χ0v) is 18.8. The Bertz CT molecular complexity index is 778. The molecule has 2 aromatic carbocycles. The van der Waals surface area contributed by atoms with E-state index in [1.165, 1.54) is 6.07 Å². The van der Waals surface area contributed by atoms with Gasteiger partial charge in [0.2, 0.25) is 5.91 Å². The summed E-state index contributed by atoms with van der Waals surface area (Å²) in [4.78, 5) is 15.9. The Morgan fingerprint density at radius 2 is 1.75 bits per heavy atom. The van der Waals surface area contributed by atoms with Crippen LogP contribution in [0.5, 0.6) is 0 Å². The molecule has 2 rings (SSSR count). The second kappa shape index (κ2) is 12.3. The van der Waals surface area contributed by atoms with Crippen molar-refractivity contribution in [1.82, 2.24) is 10.6 Å². The van der Waals surface area contributed by atoms with Crippen molar-refractivity contribution in [3.05, 3.63) is 65.5 Å². The van der Waals surface area contributed by atoms with Crippen molar-refractivity contribution < 1.29 is 9.18 Å². The number of hydrogen-bond donors (Lipinski definition) is 3. The third-order valence-electron chi connectivity index (χ3n) is 4.07. The molecule has 0 atom stereocenters. The minimum absolute atomic E-state index is 0. The van der Waals surface area contributed by atoms with E-state index < -0.39 is 0 Å². The number of hydrogen-bond acceptors (Lipinski definition) is 2. The topological polar surface area (TPSA) is 65.5 Å². The first-order valence-electron chi connectivity index (χ1n) is 9.07. The van der Waals surface area contributed by atoms with Gasteiger partial charge in [-0.2, -0.15) is 0 Å². The van der Waals surface area contributed by atoms with E-state index in [9.17, 15) is 9.18 Å². The first kappa shape index (κ1) is 23.9. The van der Waals surface area contributed by atoms with Crippen LogP contribution in [0.1, 0.15) is 25.0 Å². The minimum Gasteiger partial charge on any atom is -0.356 e. The SMILES string of the molecule is CN=C(NCCc1ccccc1F)NCc1ccc(NC(=O)C(C)C)cc1.I. The lowest BCUT2D eigenvalue weighted by atomic mass is 10.1. The van der Waals surface area contributed by atoms with Crippen LogP contribution in [0.15, 0.2) is 53.5 Å². The van der Waals surface area contributed by atoms with Crippen LogP contribution in [0.3, 0.4) is 0 Å². The van der Waals surface area contributed by atoms with Crippen LogP contribution in [0, 0.1) is 11.7 Å². The molecule has 7 heteroatoms. The molecule has 0 saturated carbocycles. The minimum atomic E-state index is -0.188. The van der Waals surface area contributed by atoms with Gasteiger partial charge in [-0.1, -0.05) is 44.2 Å². The Kier molecular flexibility index (Phi) is 10.5. The molecule has 0 spiro atoms. The summed E-state index contributed by atoms with van der Waals surface area (Å²) in [5.74, 6) is 0.417. The second-order valence-corrected chi connectivity index (χ2v) is 6.53. The molecular weight excluding hydrogens is 470 g/mol. The lowest BCUT2D eigenvalue weighted by Gasteiger charge is -2.13. The van der Waals surface area contributed by atoms with Crippen molar-refractivity contribution in [1.29, 1.82) is 0 Å². The van der Waals surface area contributed by atoms with E-state index in [2.05, 4.69) is 20.9 Å². The van der Waals surface area contributed by atoms with Crippen LogP contribution >= 0.6 is 24.0 Å². The summed E-state index contributed by atoms with van der Waals surface area (Å²) in [6.07, 6.45) is 0.581. The van der Waals surface area contributed by atoms with Gasteiger partial charge in [-0.05, 0) is 35.7 Å². The first-order chi connectivity index (χ1) is 13.0. The maximum atomic E-state index is 13.6. The molecule has 3 N–H and O–H groups in total. The fraction of sp³-hybridized carbons (Fsp3) is 0.333. The predicted octanol–water partition coefficient (Wildman–Crippen LogP) is 3.95. The van der Waals surface area contributed by atoms with Gasteiger partial charge >= 0.3 is 0 Å². The zero-order chi connectivity index (χ0) is 19.6. The summed E-state index contributed by atoms with van der Waals surface area (Å²) in [6.45, 7) is 4.90. The Labute approximate surface area is 183 Å². The Balaban J connectivity index is 0.00000392. The van der Waals surface area contributed by atoms with E-state index in [-0.39, 0.29) is 41.6 Å². The molecule has 152 valence electrons. The summed E-state index contributed by atoms with van der Waals surface area (Å²) >= 11 is 0. The number of nitrogens with zero attached hydrogens (tertiary/aromatic N) is 1. The van der Waals surface area contributed by atoms with Crippen molar-refractivity contribution in [2.24, 2.45) is 10.9 Å².